The highest BCUT2D eigenvalue weighted by Crippen LogP contribution is 2.61. The van der Waals surface area contributed by atoms with Gasteiger partial charge in [-0.1, -0.05) is 11.8 Å². The minimum atomic E-state index is -0.231. The lowest BCUT2D eigenvalue weighted by molar-refractivity contribution is -0.123. The Bertz CT molecular complexity index is 778. The third-order valence-corrected chi connectivity index (χ3v) is 8.82. The van der Waals surface area contributed by atoms with Crippen molar-refractivity contribution in [2.24, 2.45) is 23.2 Å². The molecular weight excluding hydrogens is 388 g/mol. The number of amides is 1. The number of hydrogen-bond acceptors (Lipinski definition) is 5. The number of carbonyl (C=O) groups excluding carboxylic acids is 1. The van der Waals surface area contributed by atoms with E-state index in [1.54, 1.807) is 4.57 Å². The Morgan fingerprint density at radius 1 is 1.31 bits per heavy atom. The summed E-state index contributed by atoms with van der Waals surface area (Å²) in [6.45, 7) is 3.46. The van der Waals surface area contributed by atoms with Crippen molar-refractivity contribution in [2.75, 3.05) is 12.4 Å². The van der Waals surface area contributed by atoms with E-state index < -0.39 is 0 Å². The number of ether oxygens (including phenoxy) is 1. The van der Waals surface area contributed by atoms with Crippen LogP contribution in [0.15, 0.2) is 9.95 Å². The average Bonchev–Trinajstić information content (AvgIpc) is 3.30. The van der Waals surface area contributed by atoms with Gasteiger partial charge in [0, 0.05) is 12.6 Å². The van der Waals surface area contributed by atoms with Gasteiger partial charge in [0.25, 0.3) is 0 Å². The van der Waals surface area contributed by atoms with E-state index in [2.05, 4.69) is 22.4 Å². The Morgan fingerprint density at radius 2 is 2.00 bits per heavy atom. The van der Waals surface area contributed by atoms with Crippen LogP contribution in [0.25, 0.3) is 0 Å². The van der Waals surface area contributed by atoms with Crippen LogP contribution in [0, 0.1) is 23.2 Å². The number of aromatic nitrogens is 3. The van der Waals surface area contributed by atoms with Gasteiger partial charge >= 0.3 is 5.69 Å². The molecule has 4 bridgehead atoms. The van der Waals surface area contributed by atoms with Crippen LogP contribution in [-0.4, -0.2) is 45.2 Å². The molecule has 160 valence electrons. The highest BCUT2D eigenvalue weighted by molar-refractivity contribution is 7.99. The molecule has 7 nitrogen and oxygen atoms in total. The fourth-order valence-corrected chi connectivity index (χ4v) is 7.61. The summed E-state index contributed by atoms with van der Waals surface area (Å²) in [6, 6.07) is 0.220. The zero-order chi connectivity index (χ0) is 20.0. The second-order valence-electron chi connectivity index (χ2n) is 9.91. The molecule has 29 heavy (non-hydrogen) atoms. The monoisotopic (exact) mass is 420 g/mol. The lowest BCUT2D eigenvalue weighted by Gasteiger charge is -2.59. The Hall–Kier alpha value is -1.28. The summed E-state index contributed by atoms with van der Waals surface area (Å²) < 4.78 is 7.25. The van der Waals surface area contributed by atoms with Crippen molar-refractivity contribution >= 4 is 17.7 Å². The summed E-state index contributed by atoms with van der Waals surface area (Å²) in [5.74, 6) is 2.97. The quantitative estimate of drug-likeness (QED) is 0.662. The molecule has 0 unspecified atom stereocenters. The van der Waals surface area contributed by atoms with Crippen molar-refractivity contribution < 1.29 is 9.53 Å². The molecule has 2 N–H and O–H groups in total. The number of nitrogens with zero attached hydrogens (tertiary/aromatic N) is 2. The molecular formula is C21H32N4O3S. The Morgan fingerprint density at radius 3 is 2.62 bits per heavy atom. The van der Waals surface area contributed by atoms with Crippen LogP contribution in [0.3, 0.4) is 0 Å². The molecule has 5 aliphatic rings. The first-order chi connectivity index (χ1) is 14.0. The first-order valence-corrected chi connectivity index (χ1v) is 12.2. The zero-order valence-electron chi connectivity index (χ0n) is 17.2. The molecule has 1 aromatic rings. The van der Waals surface area contributed by atoms with Gasteiger partial charge in [-0.05, 0) is 81.5 Å². The standard InChI is InChI=1S/C21H32N4O3S/c1-13(21-8-14-5-15(9-21)7-16(6-14)10-21)22-18(26)12-29-20-24-23-19(27)25(20)11-17-3-2-4-28-17/h13-17H,2-12H2,1H3,(H,22,26)(H,23,27)/t13-,14?,15?,16?,17+,21?/m1/s1. The maximum absolute atomic E-state index is 12.7. The van der Waals surface area contributed by atoms with Crippen LogP contribution in [-0.2, 0) is 16.1 Å². The van der Waals surface area contributed by atoms with Gasteiger partial charge in [0.1, 0.15) is 0 Å². The van der Waals surface area contributed by atoms with Gasteiger partial charge in [-0.25, -0.2) is 9.89 Å². The van der Waals surface area contributed by atoms with E-state index >= 15 is 0 Å². The SMILES string of the molecule is C[C@@H](NC(=O)CSc1n[nH]c(=O)n1C[C@@H]1CCCO1)C12CC3CC(CC(C3)C1)C2. The normalized spacial score (nSPS) is 36.4. The molecule has 0 radical (unpaired) electrons. The van der Waals surface area contributed by atoms with Gasteiger partial charge in [-0.3, -0.25) is 9.36 Å². The molecule has 0 spiro atoms. The van der Waals surface area contributed by atoms with Crippen LogP contribution >= 0.6 is 11.8 Å². The summed E-state index contributed by atoms with van der Waals surface area (Å²) in [5, 5.41) is 10.5. The molecule has 1 amide bonds. The van der Waals surface area contributed by atoms with Gasteiger partial charge in [0.05, 0.1) is 18.4 Å². The van der Waals surface area contributed by atoms with E-state index in [1.807, 2.05) is 0 Å². The van der Waals surface area contributed by atoms with Crippen molar-refractivity contribution in [1.82, 2.24) is 20.1 Å². The van der Waals surface area contributed by atoms with Gasteiger partial charge in [0.2, 0.25) is 5.91 Å². The highest BCUT2D eigenvalue weighted by Gasteiger charge is 2.53. The molecule has 0 aromatic carbocycles. The third-order valence-electron chi connectivity index (χ3n) is 7.85. The Kier molecular flexibility index (Phi) is 5.26. The topological polar surface area (TPSA) is 89.0 Å². The van der Waals surface area contributed by atoms with E-state index in [9.17, 15) is 9.59 Å². The number of aromatic amines is 1. The van der Waals surface area contributed by atoms with Crippen LogP contribution in [0.2, 0.25) is 0 Å². The van der Waals surface area contributed by atoms with E-state index in [1.165, 1.54) is 50.3 Å². The molecule has 4 aliphatic carbocycles. The number of carbonyl (C=O) groups is 1. The van der Waals surface area contributed by atoms with Crippen molar-refractivity contribution in [3.63, 3.8) is 0 Å². The highest BCUT2D eigenvalue weighted by atomic mass is 32.2. The van der Waals surface area contributed by atoms with Crippen molar-refractivity contribution in [3.05, 3.63) is 10.5 Å². The fraction of sp³-hybridized carbons (Fsp3) is 0.857. The van der Waals surface area contributed by atoms with Gasteiger partial charge < -0.3 is 10.1 Å². The Labute approximate surface area is 175 Å². The van der Waals surface area contributed by atoms with Crippen molar-refractivity contribution in [2.45, 2.75) is 82.1 Å². The summed E-state index contributed by atoms with van der Waals surface area (Å²) >= 11 is 1.33. The van der Waals surface area contributed by atoms with Crippen LogP contribution < -0.4 is 11.0 Å². The van der Waals surface area contributed by atoms with Crippen molar-refractivity contribution in [1.29, 1.82) is 0 Å². The molecule has 1 aliphatic heterocycles. The van der Waals surface area contributed by atoms with Crippen molar-refractivity contribution in [3.8, 4) is 0 Å². The fourth-order valence-electron chi connectivity index (χ4n) is 6.84. The lowest BCUT2D eigenvalue weighted by Crippen LogP contribution is -2.56. The third kappa shape index (κ3) is 3.90. The maximum atomic E-state index is 12.7. The minimum Gasteiger partial charge on any atom is -0.376 e. The molecule has 1 saturated heterocycles. The average molecular weight is 421 g/mol. The van der Waals surface area contributed by atoms with Gasteiger partial charge in [-0.2, -0.15) is 0 Å². The number of thioether (sulfide) groups is 1. The zero-order valence-corrected chi connectivity index (χ0v) is 18.0. The van der Waals surface area contributed by atoms with E-state index in [0.717, 1.165) is 37.2 Å². The van der Waals surface area contributed by atoms with Gasteiger partial charge in [-0.15, -0.1) is 5.10 Å². The smallest absolute Gasteiger partial charge is 0.344 e. The predicted molar refractivity (Wildman–Crippen MR) is 111 cm³/mol. The number of H-pyrrole nitrogens is 1. The van der Waals surface area contributed by atoms with Crippen LogP contribution in [0.5, 0.6) is 0 Å². The Balaban J connectivity index is 1.17. The largest absolute Gasteiger partial charge is 0.376 e. The van der Waals surface area contributed by atoms with E-state index in [-0.39, 0.29) is 29.5 Å². The summed E-state index contributed by atoms with van der Waals surface area (Å²) in [4.78, 5) is 24.8. The summed E-state index contributed by atoms with van der Waals surface area (Å²) in [6.07, 6.45) is 10.2. The number of hydrogen-bond donors (Lipinski definition) is 2. The number of rotatable bonds is 7. The second-order valence-corrected chi connectivity index (χ2v) is 10.9. The molecule has 5 fully saturated rings. The number of nitrogens with one attached hydrogen (secondary N) is 2. The molecule has 4 saturated carbocycles. The molecule has 8 heteroatoms. The first-order valence-electron chi connectivity index (χ1n) is 11.2. The first kappa shape index (κ1) is 19.7. The van der Waals surface area contributed by atoms with Gasteiger partial charge in [0.15, 0.2) is 5.16 Å². The van der Waals surface area contributed by atoms with E-state index in [0.29, 0.717) is 17.1 Å². The van der Waals surface area contributed by atoms with Crippen LogP contribution in [0.4, 0.5) is 0 Å². The lowest BCUT2D eigenvalue weighted by atomic mass is 9.48. The van der Waals surface area contributed by atoms with E-state index in [4.69, 9.17) is 4.74 Å². The molecule has 2 atom stereocenters. The molecule has 2 heterocycles. The second kappa shape index (κ2) is 7.76. The van der Waals surface area contributed by atoms with Crippen LogP contribution in [0.1, 0.15) is 58.3 Å². The maximum Gasteiger partial charge on any atom is 0.344 e. The minimum absolute atomic E-state index is 0.0392. The summed E-state index contributed by atoms with van der Waals surface area (Å²) in [7, 11) is 0. The molecule has 1 aromatic heterocycles. The summed E-state index contributed by atoms with van der Waals surface area (Å²) in [5.41, 5.74) is 0.0777. The molecule has 6 rings (SSSR count). The predicted octanol–water partition coefficient (Wildman–Crippen LogP) is 2.56.